The van der Waals surface area contributed by atoms with E-state index in [9.17, 15) is 4.79 Å². The molecule has 3 heterocycles. The molecule has 1 N–H and O–H groups in total. The molecule has 116 valence electrons. The van der Waals surface area contributed by atoms with Gasteiger partial charge in [0.2, 0.25) is 0 Å². The molecule has 5 heteroatoms. The lowest BCUT2D eigenvalue weighted by Crippen LogP contribution is -2.38. The monoisotopic (exact) mass is 395 g/mol. The highest BCUT2D eigenvalue weighted by molar-refractivity contribution is 9.10. The van der Waals surface area contributed by atoms with Gasteiger partial charge in [-0.15, -0.1) is 23.1 Å². The van der Waals surface area contributed by atoms with Crippen molar-refractivity contribution in [1.82, 2.24) is 5.32 Å². The maximum Gasteiger partial charge on any atom is 0.167 e. The van der Waals surface area contributed by atoms with Gasteiger partial charge in [0, 0.05) is 47.8 Å². The van der Waals surface area contributed by atoms with Crippen LogP contribution >= 0.6 is 39.0 Å². The van der Waals surface area contributed by atoms with E-state index in [2.05, 4.69) is 46.5 Å². The van der Waals surface area contributed by atoms with Crippen LogP contribution in [0.5, 0.6) is 0 Å². The third-order valence-corrected chi connectivity index (χ3v) is 7.78. The number of ketones is 1. The van der Waals surface area contributed by atoms with E-state index in [4.69, 9.17) is 0 Å². The largest absolute Gasteiger partial charge is 0.361 e. The number of carbonyl (C=O) groups excluding carboxylic acids is 1. The number of carbonyl (C=O) groups is 1. The van der Waals surface area contributed by atoms with Crippen LogP contribution in [0.3, 0.4) is 0 Å². The van der Waals surface area contributed by atoms with Crippen molar-refractivity contribution >= 4 is 44.8 Å². The summed E-state index contributed by atoms with van der Waals surface area (Å²) in [6, 6.07) is 2.18. The minimum Gasteiger partial charge on any atom is -0.361 e. The number of hydrogen-bond acceptors (Lipinski definition) is 4. The maximum atomic E-state index is 13.1. The Morgan fingerprint density at radius 3 is 2.86 bits per heavy atom. The minimum atomic E-state index is -0.241. The second kappa shape index (κ2) is 5.25. The molecular weight excluding hydrogens is 378 g/mol. The van der Waals surface area contributed by atoms with Gasteiger partial charge in [0.05, 0.1) is 5.92 Å². The summed E-state index contributed by atoms with van der Waals surface area (Å²) in [5, 5.41) is 5.72. The quantitative estimate of drug-likeness (QED) is 0.709. The molecule has 1 aromatic rings. The molecule has 0 aromatic carbocycles. The van der Waals surface area contributed by atoms with E-state index < -0.39 is 0 Å². The highest BCUT2D eigenvalue weighted by Crippen LogP contribution is 2.53. The SMILES string of the molecule is CC1(C)CCC2=C(C1=O)C(c1cc(Br)cs1)C1=C(CCS1)N2. The van der Waals surface area contributed by atoms with Gasteiger partial charge in [-0.25, -0.2) is 0 Å². The Morgan fingerprint density at radius 1 is 1.32 bits per heavy atom. The van der Waals surface area contributed by atoms with Crippen molar-refractivity contribution < 1.29 is 4.79 Å². The van der Waals surface area contributed by atoms with Gasteiger partial charge >= 0.3 is 0 Å². The number of allylic oxidation sites excluding steroid dienone is 4. The zero-order valence-electron chi connectivity index (χ0n) is 12.7. The van der Waals surface area contributed by atoms with Crippen molar-refractivity contribution in [3.8, 4) is 0 Å². The van der Waals surface area contributed by atoms with Crippen LogP contribution in [-0.2, 0) is 4.79 Å². The number of thioether (sulfide) groups is 1. The summed E-state index contributed by atoms with van der Waals surface area (Å²) >= 11 is 7.24. The van der Waals surface area contributed by atoms with Crippen LogP contribution < -0.4 is 5.32 Å². The van der Waals surface area contributed by atoms with Crippen LogP contribution in [0.1, 0.15) is 43.9 Å². The van der Waals surface area contributed by atoms with E-state index in [0.717, 1.165) is 35.1 Å². The first-order valence-electron chi connectivity index (χ1n) is 7.62. The molecule has 2 nitrogen and oxygen atoms in total. The van der Waals surface area contributed by atoms with Gasteiger partial charge in [0.1, 0.15) is 0 Å². The molecule has 1 atom stereocenters. The highest BCUT2D eigenvalue weighted by Gasteiger charge is 2.44. The van der Waals surface area contributed by atoms with Gasteiger partial charge in [-0.3, -0.25) is 4.79 Å². The van der Waals surface area contributed by atoms with E-state index in [1.807, 2.05) is 11.8 Å². The third-order valence-electron chi connectivity index (χ3n) is 4.82. The molecule has 3 aliphatic rings. The Bertz CT molecular complexity index is 729. The lowest BCUT2D eigenvalue weighted by molar-refractivity contribution is -0.124. The Labute approximate surface area is 147 Å². The fourth-order valence-electron chi connectivity index (χ4n) is 3.54. The first-order valence-corrected chi connectivity index (χ1v) is 10.3. The molecule has 0 fully saturated rings. The molecule has 0 spiro atoms. The average molecular weight is 396 g/mol. The van der Waals surface area contributed by atoms with Crippen LogP contribution in [-0.4, -0.2) is 11.5 Å². The fraction of sp³-hybridized carbons (Fsp3) is 0.471. The first-order chi connectivity index (χ1) is 10.5. The molecule has 1 unspecified atom stereocenters. The molecule has 0 saturated heterocycles. The van der Waals surface area contributed by atoms with Gasteiger partial charge < -0.3 is 5.32 Å². The maximum absolute atomic E-state index is 13.1. The van der Waals surface area contributed by atoms with Crippen LogP contribution in [0.4, 0.5) is 0 Å². The van der Waals surface area contributed by atoms with E-state index in [-0.39, 0.29) is 11.3 Å². The summed E-state index contributed by atoms with van der Waals surface area (Å²) in [7, 11) is 0. The lowest BCUT2D eigenvalue weighted by Gasteiger charge is -2.38. The zero-order chi connectivity index (χ0) is 15.5. The van der Waals surface area contributed by atoms with Crippen LogP contribution in [0.2, 0.25) is 0 Å². The first kappa shape index (κ1) is 15.0. The number of dihydropyridines is 1. The number of Topliss-reactive ketones (excluding diaryl/α,β-unsaturated/α-hetero) is 1. The molecule has 1 aromatic heterocycles. The van der Waals surface area contributed by atoms with Crippen molar-refractivity contribution in [1.29, 1.82) is 0 Å². The molecule has 0 amide bonds. The molecule has 0 bridgehead atoms. The summed E-state index contributed by atoms with van der Waals surface area (Å²) in [5.41, 5.74) is 3.32. The van der Waals surface area contributed by atoms with Gasteiger partial charge in [-0.1, -0.05) is 13.8 Å². The topological polar surface area (TPSA) is 29.1 Å². The summed E-state index contributed by atoms with van der Waals surface area (Å²) in [5.74, 6) is 1.61. The Hall–Kier alpha value is -0.520. The summed E-state index contributed by atoms with van der Waals surface area (Å²) in [6.07, 6.45) is 3.02. The van der Waals surface area contributed by atoms with Crippen molar-refractivity contribution in [3.05, 3.63) is 42.7 Å². The molecular formula is C17H18BrNOS2. The second-order valence-corrected chi connectivity index (χ2v) is 9.77. The van der Waals surface area contributed by atoms with Crippen LogP contribution in [0.25, 0.3) is 0 Å². The van der Waals surface area contributed by atoms with Crippen molar-refractivity contribution in [2.24, 2.45) is 5.41 Å². The normalized spacial score (nSPS) is 26.9. The van der Waals surface area contributed by atoms with Crippen LogP contribution in [0.15, 0.2) is 37.8 Å². The Morgan fingerprint density at radius 2 is 2.14 bits per heavy atom. The van der Waals surface area contributed by atoms with Gasteiger partial charge in [0.25, 0.3) is 0 Å². The summed E-state index contributed by atoms with van der Waals surface area (Å²) in [4.78, 5) is 15.8. The van der Waals surface area contributed by atoms with Crippen LogP contribution in [0, 0.1) is 5.41 Å². The number of thiophene rings is 1. The minimum absolute atomic E-state index is 0.155. The zero-order valence-corrected chi connectivity index (χ0v) is 15.9. The van der Waals surface area contributed by atoms with Crippen molar-refractivity contribution in [3.63, 3.8) is 0 Å². The van der Waals surface area contributed by atoms with E-state index in [0.29, 0.717) is 5.78 Å². The predicted octanol–water partition coefficient (Wildman–Crippen LogP) is 5.19. The summed E-state index contributed by atoms with van der Waals surface area (Å²) < 4.78 is 1.11. The molecule has 22 heavy (non-hydrogen) atoms. The van der Waals surface area contributed by atoms with E-state index in [1.165, 1.54) is 21.2 Å². The summed E-state index contributed by atoms with van der Waals surface area (Å²) in [6.45, 7) is 4.18. The standard InChI is InChI=1S/C17H18BrNOS2/c1-17(2)5-3-10-13(16(17)20)14(12-7-9(18)8-22-12)15-11(19-10)4-6-21-15/h7-8,14,19H,3-6H2,1-2H3. The Balaban J connectivity index is 1.87. The second-order valence-electron chi connectivity index (χ2n) is 6.77. The predicted molar refractivity (Wildman–Crippen MR) is 97.0 cm³/mol. The van der Waals surface area contributed by atoms with Crippen molar-refractivity contribution in [2.75, 3.05) is 5.75 Å². The number of hydrogen-bond donors (Lipinski definition) is 1. The third kappa shape index (κ3) is 2.24. The molecule has 0 radical (unpaired) electrons. The highest BCUT2D eigenvalue weighted by atomic mass is 79.9. The average Bonchev–Trinajstić information content (AvgIpc) is 3.10. The number of nitrogens with one attached hydrogen (secondary N) is 1. The van der Waals surface area contributed by atoms with E-state index in [1.54, 1.807) is 11.3 Å². The molecule has 0 saturated carbocycles. The smallest absolute Gasteiger partial charge is 0.167 e. The van der Waals surface area contributed by atoms with Gasteiger partial charge in [-0.05, 0) is 41.3 Å². The number of rotatable bonds is 1. The Kier molecular flexibility index (Phi) is 3.59. The molecule has 4 rings (SSSR count). The number of halogens is 1. The van der Waals surface area contributed by atoms with E-state index >= 15 is 0 Å². The fourth-order valence-corrected chi connectivity index (χ4v) is 6.44. The van der Waals surface area contributed by atoms with Gasteiger partial charge in [0.15, 0.2) is 5.78 Å². The molecule has 1 aliphatic carbocycles. The molecule has 2 aliphatic heterocycles. The van der Waals surface area contributed by atoms with Crippen molar-refractivity contribution in [2.45, 2.75) is 39.0 Å². The van der Waals surface area contributed by atoms with Gasteiger partial charge in [-0.2, -0.15) is 0 Å². The lowest BCUT2D eigenvalue weighted by atomic mass is 9.70.